The van der Waals surface area contributed by atoms with Crippen molar-refractivity contribution in [1.82, 2.24) is 19.4 Å². The van der Waals surface area contributed by atoms with Crippen molar-refractivity contribution in [2.75, 3.05) is 0 Å². The monoisotopic (exact) mass is 329 g/mol. The minimum atomic E-state index is -0.0777. The second kappa shape index (κ2) is 5.46. The van der Waals surface area contributed by atoms with E-state index in [1.165, 1.54) is 11.5 Å². The SMILES string of the molecule is CCc1nnsc1C(N)Cc1c(Br)c(C)nn1C. The van der Waals surface area contributed by atoms with E-state index in [1.807, 2.05) is 18.7 Å². The third kappa shape index (κ3) is 2.48. The van der Waals surface area contributed by atoms with Crippen LogP contribution in [0.3, 0.4) is 0 Å². The van der Waals surface area contributed by atoms with E-state index in [9.17, 15) is 0 Å². The molecule has 0 aliphatic rings. The van der Waals surface area contributed by atoms with E-state index >= 15 is 0 Å². The highest BCUT2D eigenvalue weighted by Gasteiger charge is 2.19. The molecular formula is C11H16BrN5S. The Bertz CT molecular complexity index is 548. The molecule has 0 saturated heterocycles. The van der Waals surface area contributed by atoms with Gasteiger partial charge in [0.05, 0.1) is 26.4 Å². The van der Waals surface area contributed by atoms with Crippen LogP contribution in [-0.2, 0) is 19.9 Å². The fraction of sp³-hybridized carbons (Fsp3) is 0.545. The van der Waals surface area contributed by atoms with Gasteiger partial charge in [0.15, 0.2) is 0 Å². The molecule has 2 N–H and O–H groups in total. The van der Waals surface area contributed by atoms with Crippen molar-refractivity contribution in [3.05, 3.63) is 26.4 Å². The van der Waals surface area contributed by atoms with Crippen LogP contribution >= 0.6 is 27.5 Å². The van der Waals surface area contributed by atoms with Crippen molar-refractivity contribution >= 4 is 27.5 Å². The summed E-state index contributed by atoms with van der Waals surface area (Å²) in [6.07, 6.45) is 1.60. The van der Waals surface area contributed by atoms with Gasteiger partial charge >= 0.3 is 0 Å². The van der Waals surface area contributed by atoms with E-state index in [2.05, 4.69) is 37.5 Å². The Labute approximate surface area is 119 Å². The van der Waals surface area contributed by atoms with Crippen LogP contribution in [0, 0.1) is 6.92 Å². The van der Waals surface area contributed by atoms with Crippen LogP contribution in [-0.4, -0.2) is 19.4 Å². The first-order valence-corrected chi connectivity index (χ1v) is 7.35. The third-order valence-corrected chi connectivity index (χ3v) is 4.86. The highest BCUT2D eigenvalue weighted by atomic mass is 79.9. The molecule has 0 aromatic carbocycles. The Kier molecular flexibility index (Phi) is 4.14. The lowest BCUT2D eigenvalue weighted by atomic mass is 10.1. The summed E-state index contributed by atoms with van der Waals surface area (Å²) in [6, 6.07) is -0.0777. The van der Waals surface area contributed by atoms with Crippen LogP contribution in [0.25, 0.3) is 0 Å². The summed E-state index contributed by atoms with van der Waals surface area (Å²) in [5.74, 6) is 0. The van der Waals surface area contributed by atoms with E-state index in [-0.39, 0.29) is 6.04 Å². The molecule has 5 nitrogen and oxygen atoms in total. The van der Waals surface area contributed by atoms with Crippen LogP contribution in [0.2, 0.25) is 0 Å². The molecule has 1 unspecified atom stereocenters. The zero-order valence-electron chi connectivity index (χ0n) is 10.6. The Morgan fingerprint density at radius 1 is 1.50 bits per heavy atom. The van der Waals surface area contributed by atoms with Gasteiger partial charge in [0.25, 0.3) is 0 Å². The molecule has 2 aromatic heterocycles. The van der Waals surface area contributed by atoms with Crippen LogP contribution in [0.1, 0.15) is 34.9 Å². The molecule has 0 fully saturated rings. The predicted octanol–water partition coefficient (Wildman–Crippen LogP) is 2.15. The van der Waals surface area contributed by atoms with Gasteiger partial charge in [-0.3, -0.25) is 4.68 Å². The van der Waals surface area contributed by atoms with E-state index in [0.29, 0.717) is 0 Å². The Balaban J connectivity index is 2.24. The van der Waals surface area contributed by atoms with Crippen molar-refractivity contribution < 1.29 is 0 Å². The van der Waals surface area contributed by atoms with Crippen LogP contribution < -0.4 is 5.73 Å². The summed E-state index contributed by atoms with van der Waals surface area (Å²) in [5.41, 5.74) is 9.36. The van der Waals surface area contributed by atoms with Crippen molar-refractivity contribution in [1.29, 1.82) is 0 Å². The van der Waals surface area contributed by atoms with Crippen LogP contribution in [0.15, 0.2) is 4.47 Å². The van der Waals surface area contributed by atoms with Gasteiger partial charge in [0.2, 0.25) is 0 Å². The Morgan fingerprint density at radius 3 is 2.78 bits per heavy atom. The lowest BCUT2D eigenvalue weighted by molar-refractivity contribution is 0.639. The Hall–Kier alpha value is -0.790. The number of hydrogen-bond acceptors (Lipinski definition) is 5. The third-order valence-electron chi connectivity index (χ3n) is 2.93. The largest absolute Gasteiger partial charge is 0.323 e. The van der Waals surface area contributed by atoms with E-state index in [4.69, 9.17) is 5.73 Å². The van der Waals surface area contributed by atoms with Crippen molar-refractivity contribution in [3.8, 4) is 0 Å². The lowest BCUT2D eigenvalue weighted by Gasteiger charge is -2.11. The zero-order chi connectivity index (χ0) is 13.3. The smallest absolute Gasteiger partial charge is 0.0801 e. The first kappa shape index (κ1) is 13.6. The maximum atomic E-state index is 6.26. The molecule has 7 heteroatoms. The van der Waals surface area contributed by atoms with Gasteiger partial charge in [-0.2, -0.15) is 5.10 Å². The highest BCUT2D eigenvalue weighted by molar-refractivity contribution is 9.10. The second-order valence-corrected chi connectivity index (χ2v) is 5.80. The Morgan fingerprint density at radius 2 is 2.22 bits per heavy atom. The molecule has 0 amide bonds. The molecule has 1 atom stereocenters. The van der Waals surface area contributed by atoms with E-state index in [0.717, 1.165) is 39.3 Å². The summed E-state index contributed by atoms with van der Waals surface area (Å²) >= 11 is 4.95. The fourth-order valence-corrected chi connectivity index (χ4v) is 3.18. The summed E-state index contributed by atoms with van der Waals surface area (Å²) in [6.45, 7) is 4.04. The second-order valence-electron chi connectivity index (χ2n) is 4.22. The number of halogens is 1. The minimum Gasteiger partial charge on any atom is -0.323 e. The number of nitrogens with zero attached hydrogens (tertiary/aromatic N) is 4. The van der Waals surface area contributed by atoms with E-state index in [1.54, 1.807) is 0 Å². The maximum absolute atomic E-state index is 6.26. The van der Waals surface area contributed by atoms with Crippen molar-refractivity contribution in [3.63, 3.8) is 0 Å². The molecule has 2 rings (SSSR count). The van der Waals surface area contributed by atoms with Gasteiger partial charge in [-0.05, 0) is 40.8 Å². The first-order chi connectivity index (χ1) is 8.54. The van der Waals surface area contributed by atoms with Gasteiger partial charge in [0.1, 0.15) is 0 Å². The molecule has 0 radical (unpaired) electrons. The normalized spacial score (nSPS) is 12.9. The molecule has 18 heavy (non-hydrogen) atoms. The van der Waals surface area contributed by atoms with Gasteiger partial charge < -0.3 is 5.73 Å². The maximum Gasteiger partial charge on any atom is 0.0801 e. The molecular weight excluding hydrogens is 314 g/mol. The number of aromatic nitrogens is 4. The lowest BCUT2D eigenvalue weighted by Crippen LogP contribution is -2.16. The standard InChI is InChI=1S/C11H16BrN5S/c1-4-8-11(18-16-14-8)7(13)5-9-10(12)6(2)15-17(9)3/h7H,4-5,13H2,1-3H3. The molecule has 0 spiro atoms. The zero-order valence-corrected chi connectivity index (χ0v) is 13.0. The molecule has 0 bridgehead atoms. The molecule has 0 aliphatic carbocycles. The topological polar surface area (TPSA) is 69.6 Å². The van der Waals surface area contributed by atoms with Gasteiger partial charge in [-0.15, -0.1) is 5.10 Å². The molecule has 98 valence electrons. The predicted molar refractivity (Wildman–Crippen MR) is 75.6 cm³/mol. The molecule has 2 heterocycles. The highest BCUT2D eigenvalue weighted by Crippen LogP contribution is 2.27. The number of aryl methyl sites for hydroxylation is 3. The number of hydrogen-bond donors (Lipinski definition) is 1. The summed E-state index contributed by atoms with van der Waals surface area (Å²) < 4.78 is 6.90. The van der Waals surface area contributed by atoms with Crippen LogP contribution in [0.5, 0.6) is 0 Å². The van der Waals surface area contributed by atoms with Gasteiger partial charge in [-0.1, -0.05) is 11.4 Å². The average molecular weight is 330 g/mol. The molecule has 0 aliphatic heterocycles. The fourth-order valence-electron chi connectivity index (χ4n) is 1.95. The minimum absolute atomic E-state index is 0.0777. The van der Waals surface area contributed by atoms with E-state index < -0.39 is 0 Å². The van der Waals surface area contributed by atoms with Crippen molar-refractivity contribution in [2.45, 2.75) is 32.7 Å². The summed E-state index contributed by atoms with van der Waals surface area (Å²) in [5, 5.41) is 8.48. The molecule has 2 aromatic rings. The number of nitrogens with two attached hydrogens (primary N) is 1. The van der Waals surface area contributed by atoms with Crippen molar-refractivity contribution in [2.24, 2.45) is 12.8 Å². The molecule has 0 saturated carbocycles. The summed E-state index contributed by atoms with van der Waals surface area (Å²) in [7, 11) is 1.94. The summed E-state index contributed by atoms with van der Waals surface area (Å²) in [4.78, 5) is 1.07. The van der Waals surface area contributed by atoms with Gasteiger partial charge in [0, 0.05) is 19.5 Å². The van der Waals surface area contributed by atoms with Gasteiger partial charge in [-0.25, -0.2) is 0 Å². The number of rotatable bonds is 4. The average Bonchev–Trinajstić information content (AvgIpc) is 2.90. The first-order valence-electron chi connectivity index (χ1n) is 5.79. The van der Waals surface area contributed by atoms with Crippen LogP contribution in [0.4, 0.5) is 0 Å². The quantitative estimate of drug-likeness (QED) is 0.932.